The first-order valence-corrected chi connectivity index (χ1v) is 5.89. The fourth-order valence-electron chi connectivity index (χ4n) is 1.07. The van der Waals surface area contributed by atoms with E-state index < -0.39 is 0 Å². The van der Waals surface area contributed by atoms with Gasteiger partial charge in [0.1, 0.15) is 4.99 Å². The van der Waals surface area contributed by atoms with Crippen molar-refractivity contribution < 1.29 is 0 Å². The van der Waals surface area contributed by atoms with E-state index in [-0.39, 0.29) is 0 Å². The molecule has 0 saturated heterocycles. The number of aromatic nitrogens is 1. The Morgan fingerprint density at radius 3 is 2.87 bits per heavy atom. The minimum atomic E-state index is 0.595. The lowest BCUT2D eigenvalue weighted by molar-refractivity contribution is 1.39. The number of nitrogens with one attached hydrogen (secondary N) is 1. The molecule has 0 unspecified atom stereocenters. The lowest BCUT2D eigenvalue weighted by atomic mass is 10.3. The van der Waals surface area contributed by atoms with Crippen LogP contribution in [0.15, 0.2) is 35.8 Å². The Hall–Kier alpha value is -0.970. The largest absolute Gasteiger partial charge is 0.343 e. The Bertz CT molecular complexity index is 468. The monoisotopic (exact) mass is 254 g/mol. The standard InChI is InChI=1S/C10H7ClN2S2/c11-7-3-1-2-4-8(7)13-9(14)10-12-5-6-15-10/h1-6H,(H,13,14). The maximum Gasteiger partial charge on any atom is 0.150 e. The summed E-state index contributed by atoms with van der Waals surface area (Å²) in [5.41, 5.74) is 0.805. The van der Waals surface area contributed by atoms with Gasteiger partial charge in [-0.2, -0.15) is 0 Å². The van der Waals surface area contributed by atoms with Crippen molar-refractivity contribution in [3.8, 4) is 0 Å². The quantitative estimate of drug-likeness (QED) is 0.830. The zero-order valence-corrected chi connectivity index (χ0v) is 9.99. The fourth-order valence-corrected chi connectivity index (χ4v) is 2.09. The van der Waals surface area contributed by atoms with E-state index in [1.165, 1.54) is 11.3 Å². The Balaban J connectivity index is 2.17. The number of para-hydroxylation sites is 1. The molecule has 0 bridgehead atoms. The zero-order chi connectivity index (χ0) is 10.7. The summed E-state index contributed by atoms with van der Waals surface area (Å²) in [6, 6.07) is 7.47. The normalized spacial score (nSPS) is 9.93. The highest BCUT2D eigenvalue weighted by atomic mass is 35.5. The molecule has 0 radical (unpaired) electrons. The molecule has 0 amide bonds. The molecular weight excluding hydrogens is 248 g/mol. The van der Waals surface area contributed by atoms with Crippen LogP contribution in [-0.4, -0.2) is 9.97 Å². The van der Waals surface area contributed by atoms with Crippen molar-refractivity contribution in [2.45, 2.75) is 0 Å². The summed E-state index contributed by atoms with van der Waals surface area (Å²) in [7, 11) is 0. The summed E-state index contributed by atoms with van der Waals surface area (Å²) in [6.07, 6.45) is 1.72. The van der Waals surface area contributed by atoms with Crippen molar-refractivity contribution in [2.24, 2.45) is 0 Å². The van der Waals surface area contributed by atoms with Crippen molar-refractivity contribution in [2.75, 3.05) is 5.32 Å². The number of anilines is 1. The predicted molar refractivity (Wildman–Crippen MR) is 68.9 cm³/mol. The van der Waals surface area contributed by atoms with E-state index in [1.54, 1.807) is 6.20 Å². The highest BCUT2D eigenvalue weighted by Crippen LogP contribution is 2.21. The lowest BCUT2D eigenvalue weighted by Gasteiger charge is -2.06. The average Bonchev–Trinajstić information content (AvgIpc) is 2.74. The van der Waals surface area contributed by atoms with Gasteiger partial charge in [-0.3, -0.25) is 0 Å². The SMILES string of the molecule is S=C(Nc1ccccc1Cl)c1nccs1. The number of nitrogens with zero attached hydrogens (tertiary/aromatic N) is 1. The Labute approximate surface area is 102 Å². The molecule has 0 atom stereocenters. The van der Waals surface area contributed by atoms with Gasteiger partial charge in [0, 0.05) is 11.6 Å². The van der Waals surface area contributed by atoms with Crippen molar-refractivity contribution in [3.63, 3.8) is 0 Å². The van der Waals surface area contributed by atoms with Crippen LogP contribution in [-0.2, 0) is 0 Å². The summed E-state index contributed by atoms with van der Waals surface area (Å²) < 4.78 is 0. The van der Waals surface area contributed by atoms with Gasteiger partial charge >= 0.3 is 0 Å². The number of thiazole rings is 1. The van der Waals surface area contributed by atoms with E-state index in [0.29, 0.717) is 10.0 Å². The molecule has 0 aliphatic rings. The predicted octanol–water partition coefficient (Wildman–Crippen LogP) is 3.58. The van der Waals surface area contributed by atoms with Crippen LogP contribution in [0.2, 0.25) is 5.02 Å². The lowest BCUT2D eigenvalue weighted by Crippen LogP contribution is -2.10. The van der Waals surface area contributed by atoms with E-state index in [2.05, 4.69) is 10.3 Å². The van der Waals surface area contributed by atoms with Gasteiger partial charge in [-0.25, -0.2) is 4.98 Å². The summed E-state index contributed by atoms with van der Waals surface area (Å²) in [5, 5.41) is 6.39. The van der Waals surface area contributed by atoms with Crippen LogP contribution in [0.3, 0.4) is 0 Å². The highest BCUT2D eigenvalue weighted by molar-refractivity contribution is 7.81. The van der Waals surface area contributed by atoms with E-state index in [0.717, 1.165) is 10.7 Å². The van der Waals surface area contributed by atoms with Crippen LogP contribution in [0.5, 0.6) is 0 Å². The number of halogens is 1. The molecule has 1 heterocycles. The topological polar surface area (TPSA) is 24.9 Å². The third-order valence-electron chi connectivity index (χ3n) is 1.75. The molecule has 1 aromatic heterocycles. The average molecular weight is 255 g/mol. The van der Waals surface area contributed by atoms with Crippen LogP contribution in [0, 0.1) is 0 Å². The van der Waals surface area contributed by atoms with Crippen LogP contribution in [0.25, 0.3) is 0 Å². The number of hydrogen-bond acceptors (Lipinski definition) is 3. The van der Waals surface area contributed by atoms with E-state index in [1.807, 2.05) is 29.6 Å². The number of benzene rings is 1. The van der Waals surface area contributed by atoms with Crippen molar-refractivity contribution in [3.05, 3.63) is 45.9 Å². The first-order chi connectivity index (χ1) is 7.27. The van der Waals surface area contributed by atoms with Gasteiger partial charge in [0.2, 0.25) is 0 Å². The molecule has 0 aliphatic carbocycles. The summed E-state index contributed by atoms with van der Waals surface area (Å²) in [5.74, 6) is 0. The number of thiocarbonyl (C=S) groups is 1. The van der Waals surface area contributed by atoms with Gasteiger partial charge in [-0.05, 0) is 12.1 Å². The Kier molecular flexibility index (Phi) is 3.30. The van der Waals surface area contributed by atoms with Gasteiger partial charge in [0.15, 0.2) is 5.01 Å². The Morgan fingerprint density at radius 1 is 1.40 bits per heavy atom. The van der Waals surface area contributed by atoms with E-state index in [4.69, 9.17) is 23.8 Å². The van der Waals surface area contributed by atoms with Gasteiger partial charge < -0.3 is 5.32 Å². The highest BCUT2D eigenvalue weighted by Gasteiger charge is 2.05. The molecule has 0 spiro atoms. The van der Waals surface area contributed by atoms with Gasteiger partial charge in [0.05, 0.1) is 10.7 Å². The number of hydrogen-bond donors (Lipinski definition) is 1. The molecule has 2 rings (SSSR count). The van der Waals surface area contributed by atoms with Gasteiger partial charge in [-0.15, -0.1) is 11.3 Å². The Morgan fingerprint density at radius 2 is 2.20 bits per heavy atom. The summed E-state index contributed by atoms with van der Waals surface area (Å²) in [6.45, 7) is 0. The first-order valence-electron chi connectivity index (χ1n) is 4.23. The van der Waals surface area contributed by atoms with Crippen LogP contribution < -0.4 is 5.32 Å². The molecule has 76 valence electrons. The molecular formula is C10H7ClN2S2. The second kappa shape index (κ2) is 4.70. The second-order valence-electron chi connectivity index (χ2n) is 2.77. The zero-order valence-electron chi connectivity index (χ0n) is 7.61. The number of rotatable bonds is 2. The van der Waals surface area contributed by atoms with Crippen LogP contribution in [0.4, 0.5) is 5.69 Å². The molecule has 2 nitrogen and oxygen atoms in total. The van der Waals surface area contributed by atoms with E-state index in [9.17, 15) is 0 Å². The minimum absolute atomic E-state index is 0.595. The van der Waals surface area contributed by atoms with Gasteiger partial charge in [0.25, 0.3) is 0 Å². The molecule has 0 fully saturated rings. The smallest absolute Gasteiger partial charge is 0.150 e. The van der Waals surface area contributed by atoms with Crippen molar-refractivity contribution in [1.82, 2.24) is 4.98 Å². The molecule has 1 aromatic carbocycles. The van der Waals surface area contributed by atoms with E-state index >= 15 is 0 Å². The third kappa shape index (κ3) is 2.53. The third-order valence-corrected chi connectivity index (χ3v) is 3.29. The fraction of sp³-hybridized carbons (Fsp3) is 0. The van der Waals surface area contributed by atoms with Crippen LogP contribution in [0.1, 0.15) is 5.01 Å². The molecule has 2 aromatic rings. The molecule has 1 N–H and O–H groups in total. The molecule has 0 saturated carbocycles. The minimum Gasteiger partial charge on any atom is -0.343 e. The van der Waals surface area contributed by atoms with Gasteiger partial charge in [-0.1, -0.05) is 36.0 Å². The maximum absolute atomic E-state index is 5.99. The maximum atomic E-state index is 5.99. The summed E-state index contributed by atoms with van der Waals surface area (Å²) >= 11 is 12.7. The van der Waals surface area contributed by atoms with Crippen LogP contribution >= 0.6 is 35.2 Å². The van der Waals surface area contributed by atoms with Crippen molar-refractivity contribution in [1.29, 1.82) is 0 Å². The van der Waals surface area contributed by atoms with Crippen molar-refractivity contribution >= 4 is 45.8 Å². The molecule has 15 heavy (non-hydrogen) atoms. The first kappa shape index (κ1) is 10.5. The molecule has 5 heteroatoms. The molecule has 0 aliphatic heterocycles. The second-order valence-corrected chi connectivity index (χ2v) is 4.48. The summed E-state index contributed by atoms with van der Waals surface area (Å²) in [4.78, 5) is 4.71.